The lowest BCUT2D eigenvalue weighted by atomic mass is 10.0. The van der Waals surface area contributed by atoms with Crippen LogP contribution in [0.2, 0.25) is 0 Å². The summed E-state index contributed by atoms with van der Waals surface area (Å²) in [4.78, 5) is 11.3. The predicted octanol–water partition coefficient (Wildman–Crippen LogP) is 3.87. The molecule has 0 fully saturated rings. The molecule has 0 atom stereocenters. The van der Waals surface area contributed by atoms with Gasteiger partial charge in [-0.05, 0) is 34.1 Å². The number of carbonyl (C=O) groups is 1. The highest BCUT2D eigenvalue weighted by Crippen LogP contribution is 2.18. The molecule has 7 heteroatoms. The molecule has 0 aliphatic heterocycles. The van der Waals surface area contributed by atoms with Crippen molar-refractivity contribution >= 4 is 5.97 Å². The Balaban J connectivity index is 0.000000633. The van der Waals surface area contributed by atoms with Gasteiger partial charge in [0.1, 0.15) is 5.97 Å². The number of alkyl halides is 3. The number of hydrogen-bond acceptors (Lipinski definition) is 3. The van der Waals surface area contributed by atoms with E-state index < -0.39 is 12.1 Å². The number of nitrogens with zero attached hydrogens (tertiary/aromatic N) is 1. The van der Waals surface area contributed by atoms with Gasteiger partial charge in [0.25, 0.3) is 0 Å². The fraction of sp³-hybridized carbons (Fsp3) is 0.480. The van der Waals surface area contributed by atoms with Crippen LogP contribution in [0.3, 0.4) is 0 Å². The molecule has 0 bridgehead atoms. The quantitative estimate of drug-likeness (QED) is 0.628. The zero-order chi connectivity index (χ0) is 24.3. The van der Waals surface area contributed by atoms with Crippen molar-refractivity contribution in [3.05, 3.63) is 70.8 Å². The molecule has 3 N–H and O–H groups in total. The Morgan fingerprint density at radius 3 is 1.47 bits per heavy atom. The zero-order valence-electron chi connectivity index (χ0n) is 19.4. The minimum Gasteiger partial charge on any atom is -0.542 e. The molecule has 0 aliphatic carbocycles. The van der Waals surface area contributed by atoms with Gasteiger partial charge in [-0.25, -0.2) is 0 Å². The summed E-state index contributed by atoms with van der Waals surface area (Å²) in [6.07, 6.45) is -4.05. The first-order valence-corrected chi connectivity index (χ1v) is 10.9. The van der Waals surface area contributed by atoms with Crippen molar-refractivity contribution in [3.8, 4) is 0 Å². The van der Waals surface area contributed by atoms with Gasteiger partial charge in [-0.3, -0.25) is 4.90 Å². The number of benzene rings is 2. The van der Waals surface area contributed by atoms with Crippen LogP contribution >= 0.6 is 0 Å². The second kappa shape index (κ2) is 13.2. The minimum atomic E-state index is -5.19. The molecule has 4 nitrogen and oxygen atoms in total. The van der Waals surface area contributed by atoms with Gasteiger partial charge in [-0.15, -0.1) is 0 Å². The zero-order valence-corrected chi connectivity index (χ0v) is 19.4. The van der Waals surface area contributed by atoms with E-state index in [-0.39, 0.29) is 0 Å². The average Bonchev–Trinajstić information content (AvgIpc) is 2.72. The summed E-state index contributed by atoms with van der Waals surface area (Å²) in [5.74, 6) is -1.82. The maximum absolute atomic E-state index is 10.5. The third-order valence-electron chi connectivity index (χ3n) is 5.06. The molecule has 0 spiro atoms. The smallest absolute Gasteiger partial charge is 0.430 e. The van der Waals surface area contributed by atoms with Crippen molar-refractivity contribution in [3.63, 3.8) is 0 Å². The molecule has 178 valence electrons. The Kier molecular flexibility index (Phi) is 11.4. The van der Waals surface area contributed by atoms with E-state index in [4.69, 9.17) is 9.90 Å². The van der Waals surface area contributed by atoms with Gasteiger partial charge in [-0.2, -0.15) is 13.2 Å². The molecular formula is C25H35F3N2O2. The first-order chi connectivity index (χ1) is 14.9. The molecule has 0 saturated heterocycles. The number of aliphatic carboxylic acids is 1. The van der Waals surface area contributed by atoms with Crippen LogP contribution in [0, 0.1) is 0 Å². The Hall–Kier alpha value is -2.38. The number of carboxylic acids is 1. The summed E-state index contributed by atoms with van der Waals surface area (Å²) < 4.78 is 31.5. The maximum atomic E-state index is 10.5. The Morgan fingerprint density at radius 1 is 0.875 bits per heavy atom. The maximum Gasteiger partial charge on any atom is 0.430 e. The molecule has 32 heavy (non-hydrogen) atoms. The molecule has 2 aromatic rings. The number of carboxylic acid groups (broad SMARTS) is 1. The highest BCUT2D eigenvalue weighted by Gasteiger charge is 2.28. The molecule has 0 heterocycles. The van der Waals surface area contributed by atoms with Gasteiger partial charge < -0.3 is 15.6 Å². The summed E-state index contributed by atoms with van der Waals surface area (Å²) in [6, 6.07) is 18.2. The summed E-state index contributed by atoms with van der Waals surface area (Å²) in [5.41, 5.74) is 9.63. The average molecular weight is 453 g/mol. The van der Waals surface area contributed by atoms with Gasteiger partial charge in [-0.1, -0.05) is 76.2 Å². The van der Waals surface area contributed by atoms with E-state index in [1.807, 2.05) is 0 Å². The number of carbonyl (C=O) groups excluding carboxylic acids is 1. The van der Waals surface area contributed by atoms with Gasteiger partial charge in [0.2, 0.25) is 0 Å². The lowest BCUT2D eigenvalue weighted by Gasteiger charge is -2.22. The largest absolute Gasteiger partial charge is 0.542 e. The van der Waals surface area contributed by atoms with E-state index in [0.29, 0.717) is 11.8 Å². The summed E-state index contributed by atoms with van der Waals surface area (Å²) in [6.45, 7) is 13.1. The van der Waals surface area contributed by atoms with Crippen LogP contribution in [0.4, 0.5) is 13.2 Å². The standard InChI is InChI=1S/C23H34N2.C2HF3O2/c1-18(2)22-10-6-20(7-11-22)16-25(15-5-14-24)17-21-8-12-23(13-9-21)19(3)4;3-2(4,5)1(6)7/h6-13,18-19H,5,14-17,24H2,1-4H3;(H,6,7). The Morgan fingerprint density at radius 2 is 1.22 bits per heavy atom. The van der Waals surface area contributed by atoms with Crippen molar-refractivity contribution in [1.82, 2.24) is 4.90 Å². The molecule has 0 unspecified atom stereocenters. The highest BCUT2D eigenvalue weighted by molar-refractivity contribution is 5.70. The van der Waals surface area contributed by atoms with Crippen molar-refractivity contribution in [1.29, 1.82) is 0 Å². The van der Waals surface area contributed by atoms with Crippen LogP contribution in [0.25, 0.3) is 0 Å². The van der Waals surface area contributed by atoms with Crippen LogP contribution in [0.1, 0.15) is 68.2 Å². The summed E-state index contributed by atoms with van der Waals surface area (Å²) >= 11 is 0. The van der Waals surface area contributed by atoms with Crippen molar-refractivity contribution in [2.45, 2.75) is 65.2 Å². The topological polar surface area (TPSA) is 71.0 Å². The normalized spacial score (nSPS) is 11.6. The number of hydrogen-bond donors (Lipinski definition) is 1. The summed E-state index contributed by atoms with van der Waals surface area (Å²) in [7, 11) is 0. The minimum absolute atomic E-state index is 0.593. The van der Waals surface area contributed by atoms with Crippen LogP contribution in [0.15, 0.2) is 48.5 Å². The Labute approximate surface area is 189 Å². The second-order valence-corrected chi connectivity index (χ2v) is 8.50. The third kappa shape index (κ3) is 10.3. The first-order valence-electron chi connectivity index (χ1n) is 10.9. The van der Waals surface area contributed by atoms with E-state index in [0.717, 1.165) is 32.6 Å². The Bertz CT molecular complexity index is 748. The van der Waals surface area contributed by atoms with E-state index in [1.165, 1.54) is 22.3 Å². The van der Waals surface area contributed by atoms with E-state index in [2.05, 4.69) is 86.9 Å². The monoisotopic (exact) mass is 452 g/mol. The first kappa shape index (κ1) is 27.7. The SMILES string of the molecule is CC(C)c1ccc(CN(CCC[NH3+])Cc2ccc(C(C)C)cc2)cc1.O=C([O-])C(F)(F)F. The summed E-state index contributed by atoms with van der Waals surface area (Å²) in [5, 5.41) is 8.78. The lowest BCUT2D eigenvalue weighted by Crippen LogP contribution is -2.51. The molecule has 0 aliphatic rings. The molecule has 0 radical (unpaired) electrons. The molecule has 0 aromatic heterocycles. The van der Waals surface area contributed by atoms with Gasteiger partial charge >= 0.3 is 6.18 Å². The molecular weight excluding hydrogens is 417 g/mol. The highest BCUT2D eigenvalue weighted by atomic mass is 19.4. The fourth-order valence-electron chi connectivity index (χ4n) is 3.08. The van der Waals surface area contributed by atoms with Crippen LogP contribution in [-0.2, 0) is 17.9 Å². The predicted molar refractivity (Wildman–Crippen MR) is 119 cm³/mol. The van der Waals surface area contributed by atoms with Crippen LogP contribution < -0.4 is 10.8 Å². The molecule has 2 aromatic carbocycles. The second-order valence-electron chi connectivity index (χ2n) is 8.50. The van der Waals surface area contributed by atoms with E-state index in [9.17, 15) is 13.2 Å². The van der Waals surface area contributed by atoms with Crippen molar-refractivity contribution in [2.24, 2.45) is 0 Å². The van der Waals surface area contributed by atoms with Crippen LogP contribution in [0.5, 0.6) is 0 Å². The number of quaternary nitrogens is 1. The van der Waals surface area contributed by atoms with Gasteiger partial charge in [0.05, 0.1) is 6.54 Å². The van der Waals surface area contributed by atoms with E-state index in [1.54, 1.807) is 0 Å². The van der Waals surface area contributed by atoms with Gasteiger partial charge in [0.15, 0.2) is 0 Å². The van der Waals surface area contributed by atoms with Crippen molar-refractivity contribution in [2.75, 3.05) is 13.1 Å². The fourth-order valence-corrected chi connectivity index (χ4v) is 3.08. The molecule has 2 rings (SSSR count). The third-order valence-corrected chi connectivity index (χ3v) is 5.06. The molecule has 0 saturated carbocycles. The van der Waals surface area contributed by atoms with Crippen molar-refractivity contribution < 1.29 is 28.8 Å². The van der Waals surface area contributed by atoms with E-state index >= 15 is 0 Å². The number of halogens is 3. The molecule has 0 amide bonds. The van der Waals surface area contributed by atoms with Crippen LogP contribution in [-0.4, -0.2) is 30.1 Å². The lowest BCUT2D eigenvalue weighted by molar-refractivity contribution is -0.368. The number of rotatable bonds is 9. The van der Waals surface area contributed by atoms with Gasteiger partial charge in [0, 0.05) is 26.1 Å².